The number of rotatable bonds is 1. The van der Waals surface area contributed by atoms with E-state index in [9.17, 15) is 17.6 Å². The Bertz CT molecular complexity index is 393. The normalized spacial score (nSPS) is 19.0. The highest BCUT2D eigenvalue weighted by Gasteiger charge is 2.42. The van der Waals surface area contributed by atoms with E-state index in [-0.39, 0.29) is 5.56 Å². The minimum atomic E-state index is -4.51. The zero-order chi connectivity index (χ0) is 11.3. The third kappa shape index (κ3) is 1.84. The molecule has 0 spiro atoms. The highest BCUT2D eigenvalue weighted by molar-refractivity contribution is 5.34. The first-order chi connectivity index (χ1) is 6.83. The van der Waals surface area contributed by atoms with Gasteiger partial charge in [0.1, 0.15) is 5.82 Å². The zero-order valence-electron chi connectivity index (χ0n) is 7.74. The Labute approximate surface area is 83.9 Å². The third-order valence-corrected chi connectivity index (χ3v) is 2.62. The Hall–Kier alpha value is -1.10. The van der Waals surface area contributed by atoms with Gasteiger partial charge >= 0.3 is 6.18 Å². The van der Waals surface area contributed by atoms with Crippen molar-refractivity contribution in [1.82, 2.24) is 0 Å². The smallest absolute Gasteiger partial charge is 0.321 e. The molecule has 0 unspecified atom stereocenters. The molecule has 1 aliphatic carbocycles. The van der Waals surface area contributed by atoms with Crippen LogP contribution >= 0.6 is 0 Å². The van der Waals surface area contributed by atoms with Crippen LogP contribution in [-0.2, 0) is 11.7 Å². The second-order valence-electron chi connectivity index (χ2n) is 3.85. The number of hydrogen-bond acceptors (Lipinski definition) is 1. The van der Waals surface area contributed by atoms with Gasteiger partial charge in [0.2, 0.25) is 0 Å². The minimum absolute atomic E-state index is 0.176. The third-order valence-electron chi connectivity index (χ3n) is 2.62. The van der Waals surface area contributed by atoms with Gasteiger partial charge in [-0.05, 0) is 25.0 Å². The van der Waals surface area contributed by atoms with Crippen molar-refractivity contribution < 1.29 is 17.6 Å². The van der Waals surface area contributed by atoms with Crippen LogP contribution in [0.15, 0.2) is 18.2 Å². The molecule has 1 aromatic rings. The average molecular weight is 219 g/mol. The van der Waals surface area contributed by atoms with Crippen molar-refractivity contribution in [2.24, 2.45) is 5.73 Å². The Morgan fingerprint density at radius 2 is 1.80 bits per heavy atom. The molecule has 1 fully saturated rings. The summed E-state index contributed by atoms with van der Waals surface area (Å²) in [4.78, 5) is 0. The highest BCUT2D eigenvalue weighted by Crippen LogP contribution is 2.44. The summed E-state index contributed by atoms with van der Waals surface area (Å²) in [5.74, 6) is -0.871. The Balaban J connectivity index is 2.40. The Morgan fingerprint density at radius 1 is 1.20 bits per heavy atom. The predicted octanol–water partition coefficient (Wildman–Crippen LogP) is 2.79. The Kier molecular flexibility index (Phi) is 2.05. The standard InChI is InChI=1S/C10H9F4N/c11-8-5-6(10(12,13)14)1-2-7(8)9(15)3-4-9/h1-2,5H,3-4,15H2. The summed E-state index contributed by atoms with van der Waals surface area (Å²) in [7, 11) is 0. The average Bonchev–Trinajstić information content (AvgIpc) is 2.82. The van der Waals surface area contributed by atoms with Crippen molar-refractivity contribution in [3.63, 3.8) is 0 Å². The van der Waals surface area contributed by atoms with Gasteiger partial charge in [0.05, 0.1) is 5.56 Å². The molecule has 5 heteroatoms. The van der Waals surface area contributed by atoms with Crippen LogP contribution in [0.1, 0.15) is 24.0 Å². The van der Waals surface area contributed by atoms with Crippen LogP contribution in [-0.4, -0.2) is 0 Å². The van der Waals surface area contributed by atoms with Crippen LogP contribution in [0.4, 0.5) is 17.6 Å². The molecule has 1 saturated carbocycles. The number of nitrogens with two attached hydrogens (primary N) is 1. The van der Waals surface area contributed by atoms with Crippen molar-refractivity contribution in [2.75, 3.05) is 0 Å². The summed E-state index contributed by atoms with van der Waals surface area (Å²) in [5.41, 5.74) is 4.16. The van der Waals surface area contributed by atoms with Crippen LogP contribution < -0.4 is 5.73 Å². The molecule has 0 aromatic heterocycles. The molecule has 2 N–H and O–H groups in total. The highest BCUT2D eigenvalue weighted by atomic mass is 19.4. The maximum atomic E-state index is 13.3. The molecule has 0 bridgehead atoms. The van der Waals surface area contributed by atoms with Gasteiger partial charge in [-0.25, -0.2) is 4.39 Å². The molecule has 1 aliphatic rings. The van der Waals surface area contributed by atoms with Gasteiger partial charge in [0.25, 0.3) is 0 Å². The number of hydrogen-bond donors (Lipinski definition) is 1. The molecule has 0 atom stereocenters. The predicted molar refractivity (Wildman–Crippen MR) is 46.5 cm³/mol. The summed E-state index contributed by atoms with van der Waals surface area (Å²) in [6, 6.07) is 2.50. The van der Waals surface area contributed by atoms with Crippen molar-refractivity contribution in [3.8, 4) is 0 Å². The van der Waals surface area contributed by atoms with Gasteiger partial charge in [0, 0.05) is 11.1 Å². The van der Waals surface area contributed by atoms with Crippen LogP contribution in [0.2, 0.25) is 0 Å². The summed E-state index contributed by atoms with van der Waals surface area (Å²) in [6.45, 7) is 0. The lowest BCUT2D eigenvalue weighted by molar-refractivity contribution is -0.137. The molecule has 0 radical (unpaired) electrons. The topological polar surface area (TPSA) is 26.0 Å². The van der Waals surface area contributed by atoms with E-state index in [4.69, 9.17) is 5.73 Å². The minimum Gasteiger partial charge on any atom is -0.321 e. The van der Waals surface area contributed by atoms with Crippen molar-refractivity contribution in [3.05, 3.63) is 35.1 Å². The van der Waals surface area contributed by atoms with Crippen molar-refractivity contribution in [2.45, 2.75) is 24.6 Å². The van der Waals surface area contributed by atoms with E-state index >= 15 is 0 Å². The second-order valence-corrected chi connectivity index (χ2v) is 3.85. The van der Waals surface area contributed by atoms with Gasteiger partial charge in [0.15, 0.2) is 0 Å². The lowest BCUT2D eigenvalue weighted by Gasteiger charge is -2.13. The first-order valence-corrected chi connectivity index (χ1v) is 4.49. The molecule has 82 valence electrons. The molecule has 0 aliphatic heterocycles. The van der Waals surface area contributed by atoms with Gasteiger partial charge in [-0.15, -0.1) is 0 Å². The van der Waals surface area contributed by atoms with E-state index in [0.717, 1.165) is 12.1 Å². The molecule has 0 heterocycles. The number of benzene rings is 1. The lowest BCUT2D eigenvalue weighted by Crippen LogP contribution is -2.21. The van der Waals surface area contributed by atoms with Gasteiger partial charge in [-0.3, -0.25) is 0 Å². The monoisotopic (exact) mass is 219 g/mol. The van der Waals surface area contributed by atoms with Crippen molar-refractivity contribution in [1.29, 1.82) is 0 Å². The first-order valence-electron chi connectivity index (χ1n) is 4.49. The van der Waals surface area contributed by atoms with Crippen molar-refractivity contribution >= 4 is 0 Å². The van der Waals surface area contributed by atoms with E-state index in [1.807, 2.05) is 0 Å². The van der Waals surface area contributed by atoms with Crippen LogP contribution in [0.5, 0.6) is 0 Å². The molecule has 0 amide bonds. The van der Waals surface area contributed by atoms with Gasteiger partial charge in [-0.2, -0.15) is 13.2 Å². The quantitative estimate of drug-likeness (QED) is 0.722. The largest absolute Gasteiger partial charge is 0.416 e. The number of halogens is 4. The molecule has 0 saturated heterocycles. The van der Waals surface area contributed by atoms with E-state index < -0.39 is 23.1 Å². The van der Waals surface area contributed by atoms with E-state index in [0.29, 0.717) is 18.9 Å². The summed E-state index contributed by atoms with van der Waals surface area (Å²) in [5, 5.41) is 0. The SMILES string of the molecule is NC1(c2ccc(C(F)(F)F)cc2F)CC1. The molecular weight excluding hydrogens is 210 g/mol. The van der Waals surface area contributed by atoms with E-state index in [1.54, 1.807) is 0 Å². The van der Waals surface area contributed by atoms with Crippen LogP contribution in [0.25, 0.3) is 0 Å². The van der Waals surface area contributed by atoms with Crippen LogP contribution in [0, 0.1) is 5.82 Å². The van der Waals surface area contributed by atoms with Gasteiger partial charge in [-0.1, -0.05) is 6.07 Å². The summed E-state index contributed by atoms with van der Waals surface area (Å²) >= 11 is 0. The molecule has 1 aromatic carbocycles. The maximum Gasteiger partial charge on any atom is 0.416 e. The molecule has 2 rings (SSSR count). The fraction of sp³-hybridized carbons (Fsp3) is 0.400. The summed E-state index contributed by atoms with van der Waals surface area (Å²) < 4.78 is 50.0. The maximum absolute atomic E-state index is 13.3. The summed E-state index contributed by atoms with van der Waals surface area (Å²) in [6.07, 6.45) is -3.27. The number of alkyl halides is 3. The fourth-order valence-corrected chi connectivity index (χ4v) is 1.50. The first kappa shape index (κ1) is 10.4. The Morgan fingerprint density at radius 3 is 2.20 bits per heavy atom. The van der Waals surface area contributed by atoms with E-state index in [1.165, 1.54) is 0 Å². The lowest BCUT2D eigenvalue weighted by atomic mass is 10.0. The zero-order valence-corrected chi connectivity index (χ0v) is 7.74. The van der Waals surface area contributed by atoms with E-state index in [2.05, 4.69) is 0 Å². The van der Waals surface area contributed by atoms with Gasteiger partial charge < -0.3 is 5.73 Å². The second kappa shape index (κ2) is 2.95. The van der Waals surface area contributed by atoms with Crippen LogP contribution in [0.3, 0.4) is 0 Å². The molecular formula is C10H9F4N. The molecule has 15 heavy (non-hydrogen) atoms. The molecule has 1 nitrogen and oxygen atoms in total. The fourth-order valence-electron chi connectivity index (χ4n) is 1.50.